The zero-order chi connectivity index (χ0) is 30.0. The molecule has 2 heterocycles. The molecule has 1 aliphatic heterocycles. The molecule has 0 radical (unpaired) electrons. The Kier molecular flexibility index (Phi) is 8.84. The molecule has 0 saturated carbocycles. The van der Waals surface area contributed by atoms with Gasteiger partial charge in [0.2, 0.25) is 10.0 Å². The monoisotopic (exact) mass is 630 g/mol. The van der Waals surface area contributed by atoms with E-state index in [1.807, 2.05) is 55.5 Å². The lowest BCUT2D eigenvalue weighted by atomic mass is 9.93. The van der Waals surface area contributed by atoms with Gasteiger partial charge in [0.05, 0.1) is 30.1 Å². The van der Waals surface area contributed by atoms with E-state index in [0.717, 1.165) is 29.5 Å². The second-order valence-electron chi connectivity index (χ2n) is 10.3. The van der Waals surface area contributed by atoms with Gasteiger partial charge in [-0.1, -0.05) is 47.5 Å². The highest BCUT2D eigenvalue weighted by atomic mass is 35.5. The first-order valence-electron chi connectivity index (χ1n) is 13.2. The third-order valence-corrected chi connectivity index (χ3v) is 8.89. The van der Waals surface area contributed by atoms with Crippen molar-refractivity contribution in [1.29, 1.82) is 0 Å². The molecule has 1 aromatic heterocycles. The minimum absolute atomic E-state index is 0.0147. The number of halogens is 3. The number of hydrogen-bond donors (Lipinski definition) is 1. The number of carbonyl (C=O) groups excluding carboxylic acids is 1. The fourth-order valence-corrected chi connectivity index (χ4v) is 6.55. The fraction of sp³-hybridized carbons (Fsp3) is 0.276. The minimum Gasteiger partial charge on any atom is -0.350 e. The molecule has 42 heavy (non-hydrogen) atoms. The molecule has 1 atom stereocenters. The van der Waals surface area contributed by atoms with E-state index >= 15 is 0 Å². The Hall–Kier alpha value is -3.51. The van der Waals surface area contributed by atoms with Crippen LogP contribution < -0.4 is 9.62 Å². The number of carbonyl (C=O) groups is 1. The summed E-state index contributed by atoms with van der Waals surface area (Å²) in [5.41, 5.74) is 2.07. The summed E-state index contributed by atoms with van der Waals surface area (Å²) in [6.45, 7) is 2.81. The smallest absolute Gasteiger partial charge is 0.251 e. The summed E-state index contributed by atoms with van der Waals surface area (Å²) >= 11 is 12.3. The van der Waals surface area contributed by atoms with Crippen LogP contribution in [0.5, 0.6) is 0 Å². The summed E-state index contributed by atoms with van der Waals surface area (Å²) in [7, 11) is -3.83. The number of sulfonamides is 1. The third kappa shape index (κ3) is 6.75. The molecule has 13 heteroatoms. The zero-order valence-electron chi connectivity index (χ0n) is 22.9. The molecule has 4 aromatic rings. The molecular formula is C29H29Cl2FN6O3S. The van der Waals surface area contributed by atoms with Crippen molar-refractivity contribution < 1.29 is 17.6 Å². The number of nitrogens with one attached hydrogen (secondary N) is 1. The first-order chi connectivity index (χ1) is 20.0. The van der Waals surface area contributed by atoms with Gasteiger partial charge in [-0.2, -0.15) is 5.10 Å². The quantitative estimate of drug-likeness (QED) is 0.266. The van der Waals surface area contributed by atoms with Crippen LogP contribution in [0, 0.1) is 5.82 Å². The lowest BCUT2D eigenvalue weighted by molar-refractivity contribution is 0.0947. The number of anilines is 1. The number of rotatable bonds is 10. The SMILES string of the molecule is CC(CNC(=O)c1cc(F)cc(N(C2CN(C(c3ccc(Cl)cc3)c3ccc(Cl)cc3)C2)S(C)(=O)=O)c1)n1cncn1. The lowest BCUT2D eigenvalue weighted by Crippen LogP contribution is -2.61. The van der Waals surface area contributed by atoms with Crippen LogP contribution in [0.4, 0.5) is 10.1 Å². The summed E-state index contributed by atoms with van der Waals surface area (Å²) in [4.78, 5) is 19.0. The number of hydrogen-bond acceptors (Lipinski definition) is 6. The number of benzene rings is 3. The minimum atomic E-state index is -3.83. The van der Waals surface area contributed by atoms with Gasteiger partial charge >= 0.3 is 0 Å². The van der Waals surface area contributed by atoms with Crippen LogP contribution in [0.25, 0.3) is 0 Å². The van der Waals surface area contributed by atoms with E-state index in [1.165, 1.54) is 23.0 Å². The van der Waals surface area contributed by atoms with Crippen LogP contribution >= 0.6 is 23.2 Å². The van der Waals surface area contributed by atoms with Crippen molar-refractivity contribution in [1.82, 2.24) is 25.0 Å². The van der Waals surface area contributed by atoms with E-state index < -0.39 is 27.8 Å². The van der Waals surface area contributed by atoms with Crippen LogP contribution in [0.15, 0.2) is 79.4 Å². The van der Waals surface area contributed by atoms with Crippen LogP contribution in [0.2, 0.25) is 10.0 Å². The molecule has 9 nitrogen and oxygen atoms in total. The van der Waals surface area contributed by atoms with Crippen molar-refractivity contribution in [3.8, 4) is 0 Å². The number of aromatic nitrogens is 3. The normalized spacial score (nSPS) is 14.9. The molecule has 3 aromatic carbocycles. The fourth-order valence-electron chi connectivity index (χ4n) is 5.14. The van der Waals surface area contributed by atoms with Crippen molar-refractivity contribution in [3.63, 3.8) is 0 Å². The predicted molar refractivity (Wildman–Crippen MR) is 161 cm³/mol. The van der Waals surface area contributed by atoms with Gasteiger partial charge in [0, 0.05) is 35.2 Å². The van der Waals surface area contributed by atoms with Gasteiger partial charge in [-0.05, 0) is 60.5 Å². The Morgan fingerprint density at radius 1 is 1.05 bits per heavy atom. The molecule has 5 rings (SSSR count). The van der Waals surface area contributed by atoms with Crippen LogP contribution in [0.3, 0.4) is 0 Å². The Balaban J connectivity index is 1.37. The topological polar surface area (TPSA) is 100 Å². The molecule has 0 aliphatic carbocycles. The van der Waals surface area contributed by atoms with E-state index in [2.05, 4.69) is 20.3 Å². The summed E-state index contributed by atoms with van der Waals surface area (Å²) in [5.74, 6) is -1.25. The van der Waals surface area contributed by atoms with Gasteiger partial charge in [-0.25, -0.2) is 22.5 Å². The van der Waals surface area contributed by atoms with E-state index in [-0.39, 0.29) is 29.9 Å². The maximum atomic E-state index is 14.8. The first-order valence-corrected chi connectivity index (χ1v) is 15.8. The van der Waals surface area contributed by atoms with Crippen LogP contribution in [0.1, 0.15) is 40.5 Å². The summed E-state index contributed by atoms with van der Waals surface area (Å²) in [5, 5.41) is 8.02. The highest BCUT2D eigenvalue weighted by Gasteiger charge is 2.41. The number of amides is 1. The highest BCUT2D eigenvalue weighted by Crippen LogP contribution is 2.37. The number of likely N-dealkylation sites (tertiary alicyclic amines) is 1. The Labute approximate surface area is 253 Å². The average Bonchev–Trinajstić information content (AvgIpc) is 3.46. The third-order valence-electron chi connectivity index (χ3n) is 7.16. The van der Waals surface area contributed by atoms with Crippen molar-refractivity contribution in [2.24, 2.45) is 0 Å². The maximum absolute atomic E-state index is 14.8. The van der Waals surface area contributed by atoms with E-state index in [1.54, 1.807) is 4.68 Å². The molecule has 1 fully saturated rings. The van der Waals surface area contributed by atoms with Crippen LogP contribution in [-0.4, -0.2) is 65.9 Å². The van der Waals surface area contributed by atoms with Gasteiger partial charge in [-0.15, -0.1) is 0 Å². The molecule has 1 unspecified atom stereocenters. The Morgan fingerprint density at radius 2 is 1.64 bits per heavy atom. The van der Waals surface area contributed by atoms with Crippen LogP contribution in [-0.2, 0) is 10.0 Å². The summed E-state index contributed by atoms with van der Waals surface area (Å²) in [6.07, 6.45) is 4.01. The molecule has 220 valence electrons. The predicted octanol–water partition coefficient (Wildman–Crippen LogP) is 4.95. The largest absolute Gasteiger partial charge is 0.350 e. The van der Waals surface area contributed by atoms with Gasteiger partial charge in [0.25, 0.3) is 5.91 Å². The van der Waals surface area contributed by atoms with Gasteiger partial charge in [-0.3, -0.25) is 14.0 Å². The molecule has 1 N–H and O–H groups in total. The van der Waals surface area contributed by atoms with Gasteiger partial charge in [0.1, 0.15) is 18.5 Å². The van der Waals surface area contributed by atoms with E-state index in [0.29, 0.717) is 23.1 Å². The Bertz CT molecular complexity index is 1600. The molecule has 1 saturated heterocycles. The van der Waals surface area contributed by atoms with E-state index in [4.69, 9.17) is 23.2 Å². The second kappa shape index (κ2) is 12.4. The summed E-state index contributed by atoms with van der Waals surface area (Å²) in [6, 6.07) is 17.8. The molecule has 1 aliphatic rings. The average molecular weight is 632 g/mol. The first kappa shape index (κ1) is 30.0. The Morgan fingerprint density at radius 3 is 2.17 bits per heavy atom. The lowest BCUT2D eigenvalue weighted by Gasteiger charge is -2.48. The maximum Gasteiger partial charge on any atom is 0.251 e. The van der Waals surface area contributed by atoms with E-state index in [9.17, 15) is 17.6 Å². The molecule has 1 amide bonds. The number of nitrogens with zero attached hydrogens (tertiary/aromatic N) is 5. The van der Waals surface area contributed by atoms with Crippen molar-refractivity contribution in [3.05, 3.63) is 112 Å². The standard InChI is InChI=1S/C29H29Cl2FN6O3S/c1-19(37-18-33-17-35-37)14-34-29(39)22-11-25(32)13-26(12-22)38(42(2,40)41)27-15-36(16-27)28(20-3-7-23(30)8-4-20)21-5-9-24(31)10-6-21/h3-13,17-19,27-28H,14-16H2,1-2H3,(H,34,39). The van der Waals surface area contributed by atoms with Crippen molar-refractivity contribution in [2.75, 3.05) is 30.2 Å². The molecule has 0 bridgehead atoms. The van der Waals surface area contributed by atoms with Gasteiger partial charge < -0.3 is 5.32 Å². The molecular weight excluding hydrogens is 602 g/mol. The summed E-state index contributed by atoms with van der Waals surface area (Å²) < 4.78 is 43.7. The van der Waals surface area contributed by atoms with Crippen molar-refractivity contribution in [2.45, 2.75) is 25.0 Å². The zero-order valence-corrected chi connectivity index (χ0v) is 25.2. The second-order valence-corrected chi connectivity index (χ2v) is 13.0. The van der Waals surface area contributed by atoms with Crippen molar-refractivity contribution >= 4 is 44.8 Å². The highest BCUT2D eigenvalue weighted by molar-refractivity contribution is 7.92. The molecule has 0 spiro atoms. The van der Waals surface area contributed by atoms with Gasteiger partial charge in [0.15, 0.2) is 0 Å².